The molecular weight excluding hydrogens is 417 g/mol. The first-order valence-corrected chi connectivity index (χ1v) is 8.95. The van der Waals surface area contributed by atoms with Gasteiger partial charge >= 0.3 is 6.18 Å². The number of hydrogen-bond acceptors (Lipinski definition) is 7. The van der Waals surface area contributed by atoms with Gasteiger partial charge in [-0.1, -0.05) is 0 Å². The van der Waals surface area contributed by atoms with Crippen LogP contribution in [0.25, 0.3) is 10.9 Å². The lowest BCUT2D eigenvalue weighted by atomic mass is 10.2. The summed E-state index contributed by atoms with van der Waals surface area (Å²) in [7, 11) is 0. The quantitative estimate of drug-likeness (QED) is 0.498. The number of nitrogens with zero attached hydrogens (tertiary/aromatic N) is 5. The third kappa shape index (κ3) is 4.79. The highest BCUT2D eigenvalue weighted by molar-refractivity contribution is 6.05. The highest BCUT2D eigenvalue weighted by Gasteiger charge is 2.29. The normalized spacial score (nSPS) is 11.6. The molecule has 12 heteroatoms. The third-order valence-corrected chi connectivity index (χ3v) is 4.17. The number of fused-ring (bicyclic) bond motifs is 1. The van der Waals surface area contributed by atoms with E-state index >= 15 is 0 Å². The molecular formula is C19H15F3N6O3. The number of nitrogens with one attached hydrogen (secondary N) is 1. The number of aromatic nitrogens is 5. The molecule has 0 bridgehead atoms. The molecule has 0 unspecified atom stereocenters. The third-order valence-electron chi connectivity index (χ3n) is 4.17. The molecule has 1 N–H and O–H groups in total. The number of rotatable bonds is 6. The van der Waals surface area contributed by atoms with Gasteiger partial charge in [-0.2, -0.15) is 18.3 Å². The number of amides is 1. The minimum Gasteiger partial charge on any atom is -0.468 e. The zero-order valence-corrected chi connectivity index (χ0v) is 16.1. The van der Waals surface area contributed by atoms with Crippen molar-refractivity contribution in [3.05, 3.63) is 60.2 Å². The number of ether oxygens (including phenoxy) is 1. The van der Waals surface area contributed by atoms with Gasteiger partial charge in [0.15, 0.2) is 13.0 Å². The van der Waals surface area contributed by atoms with Crippen molar-refractivity contribution in [2.45, 2.75) is 19.6 Å². The average Bonchev–Trinajstić information content (AvgIpc) is 3.37. The summed E-state index contributed by atoms with van der Waals surface area (Å²) in [6, 6.07) is 3.36. The Hall–Kier alpha value is -3.96. The molecule has 4 aromatic heterocycles. The number of anilines is 1. The van der Waals surface area contributed by atoms with Crippen molar-refractivity contribution in [3.8, 4) is 5.88 Å². The van der Waals surface area contributed by atoms with Crippen molar-refractivity contribution < 1.29 is 27.1 Å². The van der Waals surface area contributed by atoms with Crippen LogP contribution in [0.15, 0.2) is 47.7 Å². The van der Waals surface area contributed by atoms with Crippen molar-refractivity contribution in [3.63, 3.8) is 0 Å². The van der Waals surface area contributed by atoms with E-state index in [0.29, 0.717) is 34.4 Å². The number of carbonyl (C=O) groups excluding carboxylic acids is 1. The van der Waals surface area contributed by atoms with Crippen LogP contribution in [0, 0.1) is 6.92 Å². The summed E-state index contributed by atoms with van der Waals surface area (Å²) in [5.41, 5.74) is 1.78. The Morgan fingerprint density at radius 3 is 2.84 bits per heavy atom. The first kappa shape index (κ1) is 20.3. The van der Waals surface area contributed by atoms with Crippen molar-refractivity contribution in [1.29, 1.82) is 0 Å². The summed E-state index contributed by atoms with van der Waals surface area (Å²) in [4.78, 5) is 24.0. The SMILES string of the molecule is Cc1cc(Cn2cc3c(NC(=O)c4cnco4)nccc3n2)cnc1OCC(F)(F)F. The number of hydrogen-bond donors (Lipinski definition) is 1. The fourth-order valence-electron chi connectivity index (χ4n) is 2.87. The van der Waals surface area contributed by atoms with Crippen LogP contribution in [-0.2, 0) is 6.54 Å². The number of oxazole rings is 1. The van der Waals surface area contributed by atoms with Gasteiger partial charge in [0, 0.05) is 24.2 Å². The molecule has 0 aliphatic rings. The molecule has 0 spiro atoms. The smallest absolute Gasteiger partial charge is 0.422 e. The van der Waals surface area contributed by atoms with Gasteiger partial charge in [0.1, 0.15) is 5.82 Å². The molecule has 0 atom stereocenters. The average molecular weight is 432 g/mol. The Balaban J connectivity index is 1.51. The predicted octanol–water partition coefficient (Wildman–Crippen LogP) is 3.36. The first-order chi connectivity index (χ1) is 14.8. The lowest BCUT2D eigenvalue weighted by Gasteiger charge is -2.11. The fourth-order valence-corrected chi connectivity index (χ4v) is 2.87. The van der Waals surface area contributed by atoms with E-state index in [1.54, 1.807) is 29.9 Å². The molecule has 0 aliphatic heterocycles. The molecule has 1 amide bonds. The lowest BCUT2D eigenvalue weighted by molar-refractivity contribution is -0.154. The highest BCUT2D eigenvalue weighted by Crippen LogP contribution is 2.23. The second-order valence-electron chi connectivity index (χ2n) is 6.61. The van der Waals surface area contributed by atoms with Gasteiger partial charge in [-0.3, -0.25) is 9.48 Å². The van der Waals surface area contributed by atoms with E-state index in [9.17, 15) is 18.0 Å². The molecule has 0 aromatic carbocycles. The van der Waals surface area contributed by atoms with E-state index in [1.807, 2.05) is 0 Å². The monoisotopic (exact) mass is 432 g/mol. The summed E-state index contributed by atoms with van der Waals surface area (Å²) in [5.74, 6) is -0.233. The molecule has 4 aromatic rings. The topological polar surface area (TPSA) is 108 Å². The maximum absolute atomic E-state index is 12.3. The fraction of sp³-hybridized carbons (Fsp3) is 0.211. The molecule has 31 heavy (non-hydrogen) atoms. The van der Waals surface area contributed by atoms with E-state index in [-0.39, 0.29) is 11.6 Å². The number of halogens is 3. The largest absolute Gasteiger partial charge is 0.468 e. The molecule has 160 valence electrons. The van der Waals surface area contributed by atoms with Crippen LogP contribution in [0.5, 0.6) is 5.88 Å². The summed E-state index contributed by atoms with van der Waals surface area (Å²) < 4.78 is 48.3. The number of aryl methyl sites for hydroxylation is 1. The standard InChI is InChI=1S/C19H15F3N6O3/c1-11-4-12(5-25-18(11)30-9-19(20,21)22)7-28-8-13-14(27-28)2-3-24-16(13)26-17(29)15-6-23-10-31-15/h2-6,8,10H,7,9H2,1H3,(H,24,26,29). The minimum atomic E-state index is -4.43. The molecule has 0 radical (unpaired) electrons. The number of pyridine rings is 2. The summed E-state index contributed by atoms with van der Waals surface area (Å²) in [6.45, 7) is 0.515. The molecule has 0 saturated carbocycles. The van der Waals surface area contributed by atoms with Crippen molar-refractivity contribution >= 4 is 22.6 Å². The number of carbonyl (C=O) groups is 1. The molecule has 4 heterocycles. The minimum absolute atomic E-state index is 0.0422. The lowest BCUT2D eigenvalue weighted by Crippen LogP contribution is -2.20. The highest BCUT2D eigenvalue weighted by atomic mass is 19.4. The molecule has 0 fully saturated rings. The van der Waals surface area contributed by atoms with Crippen molar-refractivity contribution in [2.75, 3.05) is 11.9 Å². The maximum Gasteiger partial charge on any atom is 0.422 e. The van der Waals surface area contributed by atoms with Crippen molar-refractivity contribution in [1.82, 2.24) is 24.7 Å². The van der Waals surface area contributed by atoms with E-state index in [1.165, 1.54) is 18.6 Å². The molecule has 0 aliphatic carbocycles. The maximum atomic E-state index is 12.3. The van der Waals surface area contributed by atoms with Crippen LogP contribution in [0.3, 0.4) is 0 Å². The van der Waals surface area contributed by atoms with Gasteiger partial charge in [0.25, 0.3) is 5.91 Å². The van der Waals surface area contributed by atoms with Gasteiger partial charge in [-0.25, -0.2) is 15.0 Å². The van der Waals surface area contributed by atoms with E-state index in [2.05, 4.69) is 25.4 Å². The Morgan fingerprint density at radius 1 is 1.29 bits per heavy atom. The molecule has 9 nitrogen and oxygen atoms in total. The Kier molecular flexibility index (Phi) is 5.28. The summed E-state index contributed by atoms with van der Waals surface area (Å²) in [6.07, 6.45) is 2.63. The van der Waals surface area contributed by atoms with Gasteiger partial charge < -0.3 is 14.5 Å². The Morgan fingerprint density at radius 2 is 2.13 bits per heavy atom. The summed E-state index contributed by atoms with van der Waals surface area (Å²) in [5, 5.41) is 7.69. The van der Waals surface area contributed by atoms with Gasteiger partial charge in [-0.05, 0) is 24.6 Å². The second-order valence-corrected chi connectivity index (χ2v) is 6.61. The Labute approximate surface area is 172 Å². The van der Waals surface area contributed by atoms with Crippen LogP contribution >= 0.6 is 0 Å². The predicted molar refractivity (Wildman–Crippen MR) is 102 cm³/mol. The van der Waals surface area contributed by atoms with Crippen LogP contribution in [-0.4, -0.2) is 43.4 Å². The van der Waals surface area contributed by atoms with E-state index < -0.39 is 18.7 Å². The Bertz CT molecular complexity index is 1220. The van der Waals surface area contributed by atoms with Gasteiger partial charge in [-0.15, -0.1) is 0 Å². The van der Waals surface area contributed by atoms with Crippen LogP contribution in [0.4, 0.5) is 19.0 Å². The van der Waals surface area contributed by atoms with Crippen LogP contribution < -0.4 is 10.1 Å². The van der Waals surface area contributed by atoms with Crippen molar-refractivity contribution in [2.24, 2.45) is 0 Å². The van der Waals surface area contributed by atoms with Gasteiger partial charge in [0.05, 0.1) is 23.6 Å². The zero-order chi connectivity index (χ0) is 22.0. The molecule has 0 saturated heterocycles. The van der Waals surface area contributed by atoms with E-state index in [4.69, 9.17) is 9.15 Å². The summed E-state index contributed by atoms with van der Waals surface area (Å²) >= 11 is 0. The van der Waals surface area contributed by atoms with E-state index in [0.717, 1.165) is 6.39 Å². The van der Waals surface area contributed by atoms with Crippen LogP contribution in [0.2, 0.25) is 0 Å². The number of alkyl halides is 3. The zero-order valence-electron chi connectivity index (χ0n) is 16.1. The van der Waals surface area contributed by atoms with Crippen LogP contribution in [0.1, 0.15) is 21.7 Å². The first-order valence-electron chi connectivity index (χ1n) is 8.95. The molecule has 4 rings (SSSR count). The second kappa shape index (κ2) is 8.05. The van der Waals surface area contributed by atoms with Gasteiger partial charge in [0.2, 0.25) is 11.6 Å².